The van der Waals surface area contributed by atoms with Gasteiger partial charge in [-0.25, -0.2) is 9.78 Å². The molecular formula is C14H18N4O3. The van der Waals surface area contributed by atoms with E-state index in [9.17, 15) is 9.59 Å². The summed E-state index contributed by atoms with van der Waals surface area (Å²) in [5, 5.41) is 2.77. The molecule has 1 fully saturated rings. The highest BCUT2D eigenvalue weighted by molar-refractivity contribution is 5.99. The first kappa shape index (κ1) is 13.7. The van der Waals surface area contributed by atoms with Gasteiger partial charge < -0.3 is 20.7 Å². The highest BCUT2D eigenvalue weighted by Crippen LogP contribution is 2.29. The van der Waals surface area contributed by atoms with Gasteiger partial charge in [0.1, 0.15) is 12.4 Å². The van der Waals surface area contributed by atoms with E-state index < -0.39 is 6.09 Å². The van der Waals surface area contributed by atoms with Gasteiger partial charge in [0.25, 0.3) is 5.91 Å². The Labute approximate surface area is 122 Å². The fourth-order valence-electron chi connectivity index (χ4n) is 2.95. The highest BCUT2D eigenvalue weighted by Gasteiger charge is 2.28. The summed E-state index contributed by atoms with van der Waals surface area (Å²) in [6.07, 6.45) is 1.37. The summed E-state index contributed by atoms with van der Waals surface area (Å²) in [6, 6.07) is 2.22. The molecule has 7 heteroatoms. The Bertz CT molecular complexity index is 602. The zero-order chi connectivity index (χ0) is 15.0. The second-order valence-electron chi connectivity index (χ2n) is 5.43. The first-order chi connectivity index (χ1) is 10.1. The summed E-state index contributed by atoms with van der Waals surface area (Å²) in [5.74, 6) is 0.652. The standard InChI is InChI=1S/C14H18N4O3/c1-8-3-2-4-18(8)12-5-9-10(6-16-13(9)19)11(17-12)7-21-14(15)20/h5,8H,2-4,6-7H2,1H3,(H2,15,20)(H,16,19). The van der Waals surface area contributed by atoms with Crippen molar-refractivity contribution in [2.45, 2.75) is 39.0 Å². The lowest BCUT2D eigenvalue weighted by Gasteiger charge is -2.23. The van der Waals surface area contributed by atoms with Crippen molar-refractivity contribution in [3.05, 3.63) is 22.9 Å². The first-order valence-electron chi connectivity index (χ1n) is 7.06. The van der Waals surface area contributed by atoms with Gasteiger partial charge in [0, 0.05) is 30.3 Å². The van der Waals surface area contributed by atoms with Crippen LogP contribution in [0.1, 0.15) is 41.4 Å². The molecule has 3 heterocycles. The molecule has 2 amide bonds. The van der Waals surface area contributed by atoms with E-state index in [0.717, 1.165) is 30.8 Å². The molecule has 0 radical (unpaired) electrons. The molecule has 7 nitrogen and oxygen atoms in total. The molecule has 1 atom stereocenters. The third-order valence-electron chi connectivity index (χ3n) is 4.07. The molecule has 3 N–H and O–H groups in total. The minimum atomic E-state index is -0.845. The number of aromatic nitrogens is 1. The smallest absolute Gasteiger partial charge is 0.404 e. The molecular weight excluding hydrogens is 272 g/mol. The molecule has 3 rings (SSSR count). The molecule has 0 aliphatic carbocycles. The van der Waals surface area contributed by atoms with Crippen molar-refractivity contribution in [3.8, 4) is 0 Å². The van der Waals surface area contributed by atoms with Crippen LogP contribution in [0, 0.1) is 0 Å². The number of nitrogens with one attached hydrogen (secondary N) is 1. The van der Waals surface area contributed by atoms with Crippen LogP contribution in [0.5, 0.6) is 0 Å². The highest BCUT2D eigenvalue weighted by atomic mass is 16.5. The average Bonchev–Trinajstić information content (AvgIpc) is 3.03. The molecule has 0 bridgehead atoms. The quantitative estimate of drug-likeness (QED) is 0.862. The van der Waals surface area contributed by atoms with Crippen LogP contribution in [0.3, 0.4) is 0 Å². The Balaban J connectivity index is 1.98. The number of pyridine rings is 1. The van der Waals surface area contributed by atoms with Gasteiger partial charge in [-0.15, -0.1) is 0 Å². The lowest BCUT2D eigenvalue weighted by molar-refractivity contribution is 0.0965. The van der Waals surface area contributed by atoms with Gasteiger partial charge in [0.05, 0.1) is 5.69 Å². The third-order valence-corrected chi connectivity index (χ3v) is 4.07. The van der Waals surface area contributed by atoms with Gasteiger partial charge >= 0.3 is 6.09 Å². The van der Waals surface area contributed by atoms with Crippen LogP contribution in [0.4, 0.5) is 10.6 Å². The predicted molar refractivity (Wildman–Crippen MR) is 75.8 cm³/mol. The Morgan fingerprint density at radius 1 is 1.62 bits per heavy atom. The van der Waals surface area contributed by atoms with E-state index in [-0.39, 0.29) is 12.5 Å². The number of hydrogen-bond acceptors (Lipinski definition) is 5. The number of primary amides is 1. The molecule has 1 unspecified atom stereocenters. The largest absolute Gasteiger partial charge is 0.443 e. The second-order valence-corrected chi connectivity index (χ2v) is 5.43. The van der Waals surface area contributed by atoms with Gasteiger partial charge in [-0.1, -0.05) is 0 Å². The van der Waals surface area contributed by atoms with E-state index >= 15 is 0 Å². The normalized spacial score (nSPS) is 20.3. The van der Waals surface area contributed by atoms with E-state index in [1.807, 2.05) is 6.07 Å². The van der Waals surface area contributed by atoms with E-state index in [0.29, 0.717) is 23.8 Å². The lowest BCUT2D eigenvalue weighted by atomic mass is 10.1. The number of fused-ring (bicyclic) bond motifs is 1. The van der Waals surface area contributed by atoms with Gasteiger partial charge in [-0.2, -0.15) is 0 Å². The minimum Gasteiger partial charge on any atom is -0.443 e. The van der Waals surface area contributed by atoms with Gasteiger partial charge in [0.15, 0.2) is 0 Å². The SMILES string of the molecule is CC1CCCN1c1cc2c(c(COC(N)=O)n1)CNC2=O. The van der Waals surface area contributed by atoms with Gasteiger partial charge in [-0.05, 0) is 25.8 Å². The number of carbonyl (C=O) groups excluding carboxylic acids is 2. The summed E-state index contributed by atoms with van der Waals surface area (Å²) in [7, 11) is 0. The van der Waals surface area contributed by atoms with Crippen molar-refractivity contribution >= 4 is 17.8 Å². The predicted octanol–water partition coefficient (Wildman–Crippen LogP) is 0.909. The van der Waals surface area contributed by atoms with E-state index in [2.05, 4.69) is 22.1 Å². The van der Waals surface area contributed by atoms with Crippen molar-refractivity contribution in [3.63, 3.8) is 0 Å². The number of rotatable bonds is 3. The molecule has 1 saturated heterocycles. The lowest BCUT2D eigenvalue weighted by Crippen LogP contribution is -2.28. The number of hydrogen-bond donors (Lipinski definition) is 2. The van der Waals surface area contributed by atoms with Crippen molar-refractivity contribution < 1.29 is 14.3 Å². The van der Waals surface area contributed by atoms with Crippen molar-refractivity contribution in [1.82, 2.24) is 10.3 Å². The molecule has 21 heavy (non-hydrogen) atoms. The van der Waals surface area contributed by atoms with Crippen LogP contribution in [0.2, 0.25) is 0 Å². The van der Waals surface area contributed by atoms with Crippen molar-refractivity contribution in [2.75, 3.05) is 11.4 Å². The van der Waals surface area contributed by atoms with E-state index in [1.165, 1.54) is 0 Å². The Hall–Kier alpha value is -2.31. The molecule has 2 aliphatic heterocycles. The van der Waals surface area contributed by atoms with Crippen LogP contribution in [-0.2, 0) is 17.9 Å². The molecule has 2 aliphatic rings. The molecule has 0 spiro atoms. The monoisotopic (exact) mass is 290 g/mol. The molecule has 1 aromatic rings. The summed E-state index contributed by atoms with van der Waals surface area (Å²) in [6.45, 7) is 3.46. The summed E-state index contributed by atoms with van der Waals surface area (Å²) < 4.78 is 4.85. The maximum Gasteiger partial charge on any atom is 0.404 e. The summed E-state index contributed by atoms with van der Waals surface area (Å²) in [4.78, 5) is 29.5. The van der Waals surface area contributed by atoms with Crippen molar-refractivity contribution in [2.24, 2.45) is 5.73 Å². The number of amides is 2. The first-order valence-corrected chi connectivity index (χ1v) is 7.06. The fraction of sp³-hybridized carbons (Fsp3) is 0.500. The van der Waals surface area contributed by atoms with Gasteiger partial charge in [-0.3, -0.25) is 4.79 Å². The molecule has 1 aromatic heterocycles. The number of ether oxygens (including phenoxy) is 1. The minimum absolute atomic E-state index is 0.0112. The number of nitrogens with zero attached hydrogens (tertiary/aromatic N) is 2. The molecule has 0 aromatic carbocycles. The fourth-order valence-corrected chi connectivity index (χ4v) is 2.95. The van der Waals surface area contributed by atoms with Crippen molar-refractivity contribution in [1.29, 1.82) is 0 Å². The van der Waals surface area contributed by atoms with Crippen LogP contribution >= 0.6 is 0 Å². The Morgan fingerprint density at radius 2 is 2.43 bits per heavy atom. The maximum atomic E-state index is 11.9. The Morgan fingerprint density at radius 3 is 3.10 bits per heavy atom. The maximum absolute atomic E-state index is 11.9. The van der Waals surface area contributed by atoms with Crippen LogP contribution in [0.15, 0.2) is 6.07 Å². The zero-order valence-electron chi connectivity index (χ0n) is 11.9. The summed E-state index contributed by atoms with van der Waals surface area (Å²) in [5.41, 5.74) is 7.01. The number of nitrogens with two attached hydrogens (primary N) is 1. The summed E-state index contributed by atoms with van der Waals surface area (Å²) >= 11 is 0. The number of anilines is 1. The third kappa shape index (κ3) is 2.51. The van der Waals surface area contributed by atoms with E-state index in [1.54, 1.807) is 0 Å². The number of carbonyl (C=O) groups is 2. The van der Waals surface area contributed by atoms with Crippen LogP contribution in [0.25, 0.3) is 0 Å². The Kier molecular flexibility index (Phi) is 3.40. The molecule has 112 valence electrons. The second kappa shape index (κ2) is 5.23. The molecule has 0 saturated carbocycles. The van der Waals surface area contributed by atoms with Crippen LogP contribution < -0.4 is 16.0 Å². The van der Waals surface area contributed by atoms with Gasteiger partial charge in [0.2, 0.25) is 0 Å². The average molecular weight is 290 g/mol. The zero-order valence-corrected chi connectivity index (χ0v) is 11.9. The van der Waals surface area contributed by atoms with E-state index in [4.69, 9.17) is 10.5 Å². The van der Waals surface area contributed by atoms with Crippen LogP contribution in [-0.4, -0.2) is 29.6 Å². The topological polar surface area (TPSA) is 97.6 Å².